The van der Waals surface area contributed by atoms with Gasteiger partial charge < -0.3 is 19.4 Å². The fourth-order valence-electron chi connectivity index (χ4n) is 4.16. The van der Waals surface area contributed by atoms with Crippen LogP contribution in [0, 0.1) is 5.82 Å². The van der Waals surface area contributed by atoms with E-state index >= 15 is 0 Å². The van der Waals surface area contributed by atoms with Gasteiger partial charge in [0, 0.05) is 17.2 Å². The van der Waals surface area contributed by atoms with Crippen molar-refractivity contribution in [3.8, 4) is 17.1 Å². The fourth-order valence-corrected chi connectivity index (χ4v) is 4.80. The molecule has 1 fully saturated rings. The summed E-state index contributed by atoms with van der Waals surface area (Å²) < 4.78 is 26.8. The largest absolute Gasteiger partial charge is 0.497 e. The molecule has 0 saturated carbocycles. The summed E-state index contributed by atoms with van der Waals surface area (Å²) in [4.78, 5) is 6.63. The highest BCUT2D eigenvalue weighted by Gasteiger charge is 2.41. The first kappa shape index (κ1) is 22.6. The van der Waals surface area contributed by atoms with Gasteiger partial charge in [0.15, 0.2) is 5.11 Å². The van der Waals surface area contributed by atoms with E-state index in [9.17, 15) is 4.39 Å². The van der Waals surface area contributed by atoms with Gasteiger partial charge in [0.05, 0.1) is 24.4 Å². The zero-order valence-corrected chi connectivity index (χ0v) is 20.6. The fraction of sp³-hybridized carbons (Fsp3) is 0.154. The van der Waals surface area contributed by atoms with Crippen LogP contribution in [0.2, 0.25) is 0 Å². The Morgan fingerprint density at radius 1 is 1.12 bits per heavy atom. The Hall–Kier alpha value is -3.23. The van der Waals surface area contributed by atoms with Crippen LogP contribution in [0.4, 0.5) is 4.39 Å². The summed E-state index contributed by atoms with van der Waals surface area (Å²) in [5.74, 6) is 1.57. The Morgan fingerprint density at radius 2 is 1.94 bits per heavy atom. The molecule has 2 aromatic carbocycles. The molecule has 0 bridgehead atoms. The highest BCUT2D eigenvalue weighted by Crippen LogP contribution is 2.41. The van der Waals surface area contributed by atoms with E-state index < -0.39 is 0 Å². The summed E-state index contributed by atoms with van der Waals surface area (Å²) in [7, 11) is 1.64. The minimum atomic E-state index is -0.355. The van der Waals surface area contributed by atoms with E-state index in [1.807, 2.05) is 48.5 Å². The maximum absolute atomic E-state index is 14.6. The number of thiocarbonyl (C=S) groups is 1. The van der Waals surface area contributed by atoms with Crippen molar-refractivity contribution in [2.75, 3.05) is 7.11 Å². The molecule has 1 saturated heterocycles. The molecule has 5 nitrogen and oxygen atoms in total. The van der Waals surface area contributed by atoms with Crippen molar-refractivity contribution < 1.29 is 13.5 Å². The topological polar surface area (TPSA) is 50.5 Å². The van der Waals surface area contributed by atoms with Gasteiger partial charge in [-0.25, -0.2) is 4.39 Å². The molecule has 0 radical (unpaired) electrons. The number of furan rings is 1. The number of pyridine rings is 1. The lowest BCUT2D eigenvalue weighted by molar-refractivity contribution is 0.269. The van der Waals surface area contributed by atoms with Gasteiger partial charge in [0.1, 0.15) is 29.1 Å². The summed E-state index contributed by atoms with van der Waals surface area (Å²) >= 11 is 9.04. The Bertz CT molecular complexity index is 1310. The molecule has 2 unspecified atom stereocenters. The van der Waals surface area contributed by atoms with E-state index in [4.69, 9.17) is 21.4 Å². The highest BCUT2D eigenvalue weighted by atomic mass is 79.9. The number of aromatic nitrogens is 1. The molecular weight excluding hydrogens is 517 g/mol. The van der Waals surface area contributed by atoms with E-state index in [1.165, 1.54) is 6.07 Å². The van der Waals surface area contributed by atoms with Crippen LogP contribution >= 0.6 is 28.1 Å². The van der Waals surface area contributed by atoms with E-state index in [0.717, 1.165) is 17.0 Å². The smallest absolute Gasteiger partial charge is 0.170 e. The van der Waals surface area contributed by atoms with Crippen molar-refractivity contribution in [2.24, 2.45) is 0 Å². The van der Waals surface area contributed by atoms with Crippen molar-refractivity contribution >= 4 is 33.3 Å². The molecule has 4 aromatic rings. The number of methoxy groups -OCH3 is 1. The van der Waals surface area contributed by atoms with Crippen LogP contribution < -0.4 is 10.1 Å². The quantitative estimate of drug-likeness (QED) is 0.286. The molecule has 2 aromatic heterocycles. The summed E-state index contributed by atoms with van der Waals surface area (Å²) in [5.41, 5.74) is 2.32. The Labute approximate surface area is 210 Å². The average molecular weight is 538 g/mol. The Kier molecular flexibility index (Phi) is 6.34. The first-order valence-electron chi connectivity index (χ1n) is 10.7. The maximum Gasteiger partial charge on any atom is 0.170 e. The molecule has 34 heavy (non-hydrogen) atoms. The molecule has 2 atom stereocenters. The van der Waals surface area contributed by atoms with Gasteiger partial charge in [-0.05, 0) is 72.4 Å². The van der Waals surface area contributed by atoms with E-state index in [-0.39, 0.29) is 17.9 Å². The van der Waals surface area contributed by atoms with E-state index in [0.29, 0.717) is 33.2 Å². The normalized spacial score (nSPS) is 17.6. The summed E-state index contributed by atoms with van der Waals surface area (Å²) in [5, 5.41) is 4.01. The average Bonchev–Trinajstić information content (AvgIpc) is 3.45. The zero-order valence-electron chi connectivity index (χ0n) is 18.2. The standard InChI is InChI=1S/C26H21BrFN3O2S/c1-32-18-8-5-16(6-9-18)15-31-25(24(30-26(31)34)21-4-2-3-13-29-21)23-12-11-22(33-23)19-10-7-17(27)14-20(19)28/h2-14,24-25H,15H2,1H3,(H,30,34). The lowest BCUT2D eigenvalue weighted by Gasteiger charge is -2.26. The summed E-state index contributed by atoms with van der Waals surface area (Å²) in [6.45, 7) is 0.562. The predicted octanol–water partition coefficient (Wildman–Crippen LogP) is 6.42. The molecule has 1 N–H and O–H groups in total. The van der Waals surface area contributed by atoms with Gasteiger partial charge in [-0.3, -0.25) is 4.98 Å². The number of halogens is 2. The van der Waals surface area contributed by atoms with Crippen molar-refractivity contribution in [1.82, 2.24) is 15.2 Å². The second-order valence-corrected chi connectivity index (χ2v) is 9.23. The van der Waals surface area contributed by atoms with Crippen LogP contribution in [-0.4, -0.2) is 22.1 Å². The first-order valence-corrected chi connectivity index (χ1v) is 11.9. The molecule has 0 spiro atoms. The molecule has 0 amide bonds. The summed E-state index contributed by atoms with van der Waals surface area (Å²) in [6.07, 6.45) is 1.76. The minimum Gasteiger partial charge on any atom is -0.497 e. The van der Waals surface area contributed by atoms with Crippen molar-refractivity contribution in [3.63, 3.8) is 0 Å². The first-order chi connectivity index (χ1) is 16.5. The van der Waals surface area contributed by atoms with Crippen LogP contribution in [0.15, 0.2) is 87.9 Å². The maximum atomic E-state index is 14.6. The lowest BCUT2D eigenvalue weighted by atomic mass is 10.0. The SMILES string of the molecule is COc1ccc(CN2C(=S)NC(c3ccccn3)C2c2ccc(-c3ccc(Br)cc3F)o2)cc1. The van der Waals surface area contributed by atoms with Crippen molar-refractivity contribution in [1.29, 1.82) is 0 Å². The van der Waals surface area contributed by atoms with Crippen molar-refractivity contribution in [3.05, 3.63) is 106 Å². The van der Waals surface area contributed by atoms with Gasteiger partial charge in [-0.2, -0.15) is 0 Å². The molecule has 1 aliphatic rings. The van der Waals surface area contributed by atoms with Crippen LogP contribution in [0.25, 0.3) is 11.3 Å². The van der Waals surface area contributed by atoms with Gasteiger partial charge in [-0.1, -0.05) is 34.1 Å². The molecule has 0 aliphatic carbocycles. The van der Waals surface area contributed by atoms with Crippen LogP contribution in [0.3, 0.4) is 0 Å². The Morgan fingerprint density at radius 3 is 2.65 bits per heavy atom. The third-order valence-corrected chi connectivity index (χ3v) is 6.67. The van der Waals surface area contributed by atoms with E-state index in [1.54, 1.807) is 31.5 Å². The van der Waals surface area contributed by atoms with Gasteiger partial charge in [-0.15, -0.1) is 0 Å². The van der Waals surface area contributed by atoms with Gasteiger partial charge >= 0.3 is 0 Å². The van der Waals surface area contributed by atoms with Gasteiger partial charge in [0.25, 0.3) is 0 Å². The Balaban J connectivity index is 1.52. The number of ether oxygens (including phenoxy) is 1. The number of rotatable bonds is 6. The number of nitrogens with zero attached hydrogens (tertiary/aromatic N) is 2. The number of hydrogen-bond acceptors (Lipinski definition) is 4. The number of hydrogen-bond donors (Lipinski definition) is 1. The predicted molar refractivity (Wildman–Crippen MR) is 136 cm³/mol. The third-order valence-electron chi connectivity index (χ3n) is 5.82. The van der Waals surface area contributed by atoms with Gasteiger partial charge in [0.2, 0.25) is 0 Å². The number of nitrogens with one attached hydrogen (secondary N) is 1. The molecule has 8 heteroatoms. The second-order valence-electron chi connectivity index (χ2n) is 7.93. The lowest BCUT2D eigenvalue weighted by Crippen LogP contribution is -2.29. The van der Waals surface area contributed by atoms with E-state index in [2.05, 4.69) is 31.1 Å². The monoisotopic (exact) mass is 537 g/mol. The van der Waals surface area contributed by atoms with Crippen LogP contribution in [-0.2, 0) is 6.54 Å². The molecule has 172 valence electrons. The minimum absolute atomic E-state index is 0.222. The molecule has 1 aliphatic heterocycles. The third kappa shape index (κ3) is 4.43. The highest BCUT2D eigenvalue weighted by molar-refractivity contribution is 9.10. The molecule has 5 rings (SSSR count). The second kappa shape index (κ2) is 9.56. The summed E-state index contributed by atoms with van der Waals surface area (Å²) in [6, 6.07) is 21.8. The molecule has 3 heterocycles. The van der Waals surface area contributed by atoms with Crippen LogP contribution in [0.5, 0.6) is 5.75 Å². The number of benzene rings is 2. The zero-order chi connectivity index (χ0) is 23.7. The van der Waals surface area contributed by atoms with Crippen molar-refractivity contribution in [2.45, 2.75) is 18.6 Å². The van der Waals surface area contributed by atoms with Crippen LogP contribution in [0.1, 0.15) is 29.1 Å². The molecular formula is C26H21BrFN3O2S.